The highest BCUT2D eigenvalue weighted by Crippen LogP contribution is 2.11. The summed E-state index contributed by atoms with van der Waals surface area (Å²) in [7, 11) is 0. The second kappa shape index (κ2) is 29.6. The summed E-state index contributed by atoms with van der Waals surface area (Å²) in [6.45, 7) is 4.09. The molecule has 0 bridgehead atoms. The lowest BCUT2D eigenvalue weighted by Crippen LogP contribution is -2.48. The van der Waals surface area contributed by atoms with Crippen LogP contribution < -0.4 is 5.32 Å². The van der Waals surface area contributed by atoms with E-state index in [2.05, 4.69) is 37.4 Å². The van der Waals surface area contributed by atoms with E-state index in [0.717, 1.165) is 38.5 Å². The molecule has 0 aromatic rings. The molecule has 0 aliphatic heterocycles. The molecule has 228 valence electrons. The SMILES string of the molecule is CCCCCCCC/C=C\CCCCCCC(O)C(=O)N[C@@H](CO)[C@H](O)/C=C/C=C/CCCCCCCCC. The Hall–Kier alpha value is -1.43. The van der Waals surface area contributed by atoms with Crippen LogP contribution in [0.15, 0.2) is 36.5 Å². The first-order chi connectivity index (χ1) is 19.1. The number of aliphatic hydroxyl groups excluding tert-OH is 3. The van der Waals surface area contributed by atoms with E-state index < -0.39 is 30.8 Å². The standard InChI is InChI=1S/C34H63NO4/c1-3-5-7-9-11-13-15-16-17-19-21-23-25-27-29-33(38)34(39)35-31(30-36)32(37)28-26-24-22-20-18-14-12-10-8-6-4-2/h16-17,22,24,26,28,31-33,36-38H,3-15,18-21,23,25,27,29-30H2,1-2H3,(H,35,39)/b17-16-,24-22+,28-26+/t31-,32+,33?/m0/s1. The molecule has 39 heavy (non-hydrogen) atoms. The van der Waals surface area contributed by atoms with Crippen molar-refractivity contribution in [3.05, 3.63) is 36.5 Å². The first-order valence-electron chi connectivity index (χ1n) is 16.3. The maximum atomic E-state index is 12.3. The van der Waals surface area contributed by atoms with Crippen molar-refractivity contribution in [3.8, 4) is 0 Å². The molecule has 0 fully saturated rings. The molecule has 0 aromatic carbocycles. The molecule has 0 radical (unpaired) electrons. The number of hydrogen-bond donors (Lipinski definition) is 4. The number of rotatable bonds is 28. The Kier molecular flexibility index (Phi) is 28.5. The summed E-state index contributed by atoms with van der Waals surface area (Å²) in [5.74, 6) is -0.534. The van der Waals surface area contributed by atoms with Gasteiger partial charge in [0.2, 0.25) is 5.91 Å². The zero-order valence-corrected chi connectivity index (χ0v) is 25.5. The van der Waals surface area contributed by atoms with Gasteiger partial charge in [-0.25, -0.2) is 0 Å². The van der Waals surface area contributed by atoms with Crippen molar-refractivity contribution in [1.82, 2.24) is 5.32 Å². The van der Waals surface area contributed by atoms with E-state index in [0.29, 0.717) is 6.42 Å². The maximum absolute atomic E-state index is 12.3. The summed E-state index contributed by atoms with van der Waals surface area (Å²) >= 11 is 0. The molecule has 1 amide bonds. The average Bonchev–Trinajstić information content (AvgIpc) is 2.94. The minimum absolute atomic E-state index is 0.391. The molecule has 5 nitrogen and oxygen atoms in total. The Labute approximate surface area is 241 Å². The van der Waals surface area contributed by atoms with Crippen LogP contribution in [0.3, 0.4) is 0 Å². The number of carbonyl (C=O) groups excluding carboxylic acids is 1. The number of amides is 1. The van der Waals surface area contributed by atoms with E-state index in [-0.39, 0.29) is 0 Å². The molecular formula is C34H63NO4. The van der Waals surface area contributed by atoms with Gasteiger partial charge in [0.05, 0.1) is 18.8 Å². The second-order valence-electron chi connectivity index (χ2n) is 11.0. The monoisotopic (exact) mass is 549 g/mol. The van der Waals surface area contributed by atoms with Crippen molar-refractivity contribution in [3.63, 3.8) is 0 Å². The van der Waals surface area contributed by atoms with Crippen molar-refractivity contribution >= 4 is 5.91 Å². The van der Waals surface area contributed by atoms with Gasteiger partial charge in [-0.15, -0.1) is 0 Å². The minimum atomic E-state index is -1.12. The number of nitrogens with one attached hydrogen (secondary N) is 1. The van der Waals surface area contributed by atoms with Gasteiger partial charge in [0, 0.05) is 0 Å². The molecule has 4 N–H and O–H groups in total. The Bertz CT molecular complexity index is 616. The fourth-order valence-corrected chi connectivity index (χ4v) is 4.59. The van der Waals surface area contributed by atoms with E-state index in [9.17, 15) is 20.1 Å². The maximum Gasteiger partial charge on any atom is 0.249 e. The first-order valence-corrected chi connectivity index (χ1v) is 16.3. The zero-order chi connectivity index (χ0) is 28.8. The quantitative estimate of drug-likeness (QED) is 0.0451. The lowest BCUT2D eigenvalue weighted by Gasteiger charge is -2.21. The molecule has 0 spiro atoms. The highest BCUT2D eigenvalue weighted by Gasteiger charge is 2.22. The third-order valence-electron chi connectivity index (χ3n) is 7.26. The summed E-state index contributed by atoms with van der Waals surface area (Å²) in [6, 6.07) is -0.831. The molecular weight excluding hydrogens is 486 g/mol. The van der Waals surface area contributed by atoms with Crippen molar-refractivity contribution in [2.45, 2.75) is 167 Å². The van der Waals surface area contributed by atoms with Crippen LogP contribution in [0.25, 0.3) is 0 Å². The predicted octanol–water partition coefficient (Wildman–Crippen LogP) is 8.09. The van der Waals surface area contributed by atoms with Gasteiger partial charge in [-0.05, 0) is 44.9 Å². The third-order valence-corrected chi connectivity index (χ3v) is 7.26. The minimum Gasteiger partial charge on any atom is -0.394 e. The lowest BCUT2D eigenvalue weighted by molar-refractivity contribution is -0.131. The summed E-state index contributed by atoms with van der Waals surface area (Å²) < 4.78 is 0. The summed E-state index contributed by atoms with van der Waals surface area (Å²) in [5, 5.41) is 32.7. The fourth-order valence-electron chi connectivity index (χ4n) is 4.59. The molecule has 0 heterocycles. The molecule has 0 aromatic heterocycles. The van der Waals surface area contributed by atoms with Gasteiger partial charge in [0.1, 0.15) is 6.10 Å². The molecule has 0 aliphatic rings. The van der Waals surface area contributed by atoms with Gasteiger partial charge in [-0.1, -0.05) is 140 Å². The highest BCUT2D eigenvalue weighted by molar-refractivity contribution is 5.80. The number of hydrogen-bond acceptors (Lipinski definition) is 4. The summed E-state index contributed by atoms with van der Waals surface area (Å²) in [6.07, 6.45) is 34.4. The van der Waals surface area contributed by atoms with E-state index in [1.807, 2.05) is 6.08 Å². The van der Waals surface area contributed by atoms with E-state index in [1.165, 1.54) is 89.9 Å². The number of carbonyl (C=O) groups is 1. The molecule has 0 saturated carbocycles. The first kappa shape index (κ1) is 37.6. The number of aliphatic hydroxyl groups is 3. The summed E-state index contributed by atoms with van der Waals surface area (Å²) in [5.41, 5.74) is 0. The van der Waals surface area contributed by atoms with Crippen LogP contribution in [0.5, 0.6) is 0 Å². The second-order valence-corrected chi connectivity index (χ2v) is 11.0. The van der Waals surface area contributed by atoms with Gasteiger partial charge < -0.3 is 20.6 Å². The van der Waals surface area contributed by atoms with Gasteiger partial charge in [0.25, 0.3) is 0 Å². The Morgan fingerprint density at radius 1 is 0.641 bits per heavy atom. The van der Waals surface area contributed by atoms with E-state index >= 15 is 0 Å². The van der Waals surface area contributed by atoms with Crippen LogP contribution in [0.4, 0.5) is 0 Å². The van der Waals surface area contributed by atoms with Gasteiger partial charge >= 0.3 is 0 Å². The lowest BCUT2D eigenvalue weighted by atomic mass is 10.1. The molecule has 3 atom stereocenters. The largest absolute Gasteiger partial charge is 0.394 e. The van der Waals surface area contributed by atoms with Crippen LogP contribution in [-0.4, -0.2) is 46.1 Å². The summed E-state index contributed by atoms with van der Waals surface area (Å²) in [4.78, 5) is 12.3. The van der Waals surface area contributed by atoms with Crippen molar-refractivity contribution < 1.29 is 20.1 Å². The van der Waals surface area contributed by atoms with E-state index in [4.69, 9.17) is 0 Å². The molecule has 0 saturated heterocycles. The van der Waals surface area contributed by atoms with Crippen LogP contribution >= 0.6 is 0 Å². The van der Waals surface area contributed by atoms with Crippen molar-refractivity contribution in [1.29, 1.82) is 0 Å². The van der Waals surface area contributed by atoms with Crippen LogP contribution in [0, 0.1) is 0 Å². The topological polar surface area (TPSA) is 89.8 Å². The Morgan fingerprint density at radius 3 is 1.62 bits per heavy atom. The third kappa shape index (κ3) is 25.3. The fraction of sp³-hybridized carbons (Fsp3) is 0.794. The molecule has 1 unspecified atom stereocenters. The molecule has 5 heteroatoms. The normalized spacial score (nSPS) is 14.5. The van der Waals surface area contributed by atoms with Gasteiger partial charge in [0.15, 0.2) is 0 Å². The zero-order valence-electron chi connectivity index (χ0n) is 25.5. The molecule has 0 rings (SSSR count). The van der Waals surface area contributed by atoms with Crippen molar-refractivity contribution in [2.75, 3.05) is 6.61 Å². The average molecular weight is 550 g/mol. The molecule has 0 aliphatic carbocycles. The van der Waals surface area contributed by atoms with Crippen molar-refractivity contribution in [2.24, 2.45) is 0 Å². The Morgan fingerprint density at radius 2 is 1.10 bits per heavy atom. The Balaban J connectivity index is 3.89. The van der Waals surface area contributed by atoms with E-state index in [1.54, 1.807) is 12.2 Å². The van der Waals surface area contributed by atoms with Crippen LogP contribution in [0.2, 0.25) is 0 Å². The van der Waals surface area contributed by atoms with Gasteiger partial charge in [-0.3, -0.25) is 4.79 Å². The van der Waals surface area contributed by atoms with Gasteiger partial charge in [-0.2, -0.15) is 0 Å². The number of unbranched alkanes of at least 4 members (excludes halogenated alkanes) is 17. The number of allylic oxidation sites excluding steroid dienone is 5. The highest BCUT2D eigenvalue weighted by atomic mass is 16.3. The van der Waals surface area contributed by atoms with Crippen LogP contribution in [-0.2, 0) is 4.79 Å². The smallest absolute Gasteiger partial charge is 0.249 e. The predicted molar refractivity (Wildman–Crippen MR) is 167 cm³/mol. The van der Waals surface area contributed by atoms with Crippen LogP contribution in [0.1, 0.15) is 149 Å².